The van der Waals surface area contributed by atoms with Gasteiger partial charge in [-0.05, 0) is 41.5 Å². The van der Waals surface area contributed by atoms with Crippen molar-refractivity contribution in [2.45, 2.75) is 44.9 Å². The minimum atomic E-state index is -4.45. The van der Waals surface area contributed by atoms with E-state index in [0.29, 0.717) is 23.6 Å². The highest BCUT2D eigenvalue weighted by Crippen LogP contribution is 2.38. The second-order valence-electron chi connectivity index (χ2n) is 9.35. The molecule has 37 heavy (non-hydrogen) atoms. The Morgan fingerprint density at radius 3 is 2.43 bits per heavy atom. The van der Waals surface area contributed by atoms with Crippen LogP contribution in [0.15, 0.2) is 54.7 Å². The molecule has 4 rings (SSSR count). The zero-order chi connectivity index (χ0) is 26.7. The molecule has 2 aromatic carbocycles. The first-order valence-electron chi connectivity index (χ1n) is 12.1. The molecule has 2 atom stereocenters. The number of alkyl halides is 3. The van der Waals surface area contributed by atoms with E-state index in [2.05, 4.69) is 20.0 Å². The van der Waals surface area contributed by atoms with Crippen LogP contribution in [0.3, 0.4) is 0 Å². The van der Waals surface area contributed by atoms with Gasteiger partial charge in [-0.1, -0.05) is 56.3 Å². The number of nitrogens with one attached hydrogen (secondary N) is 2. The Labute approximate surface area is 213 Å². The lowest BCUT2D eigenvalue weighted by Crippen LogP contribution is -2.51. The van der Waals surface area contributed by atoms with Crippen LogP contribution in [-0.4, -0.2) is 46.6 Å². The highest BCUT2D eigenvalue weighted by molar-refractivity contribution is 5.86. The molecule has 0 radical (unpaired) electrons. The van der Waals surface area contributed by atoms with Crippen LogP contribution in [-0.2, 0) is 15.7 Å². The Hall–Kier alpha value is -3.82. The van der Waals surface area contributed by atoms with Crippen LogP contribution < -0.4 is 5.32 Å². The smallest absolute Gasteiger partial charge is 0.417 e. The number of nitrogens with zero attached hydrogens (tertiary/aromatic N) is 2. The Morgan fingerprint density at radius 1 is 1.11 bits per heavy atom. The van der Waals surface area contributed by atoms with Crippen molar-refractivity contribution in [1.82, 2.24) is 20.2 Å². The van der Waals surface area contributed by atoms with E-state index in [1.165, 1.54) is 19.2 Å². The predicted octanol–water partition coefficient (Wildman–Crippen LogP) is 5.81. The van der Waals surface area contributed by atoms with Gasteiger partial charge in [0.05, 0.1) is 30.6 Å². The number of halogens is 3. The van der Waals surface area contributed by atoms with Gasteiger partial charge in [0.15, 0.2) is 0 Å². The van der Waals surface area contributed by atoms with Gasteiger partial charge in [0.2, 0.25) is 5.91 Å². The zero-order valence-electron chi connectivity index (χ0n) is 20.8. The summed E-state index contributed by atoms with van der Waals surface area (Å²) in [5.41, 5.74) is 1.35. The number of ether oxygens (including phenoxy) is 1. The van der Waals surface area contributed by atoms with E-state index >= 15 is 0 Å². The molecule has 1 aliphatic heterocycles. The second kappa shape index (κ2) is 10.7. The molecule has 2 N–H and O–H groups in total. The summed E-state index contributed by atoms with van der Waals surface area (Å²) in [6.45, 7) is 4.25. The van der Waals surface area contributed by atoms with Crippen molar-refractivity contribution >= 4 is 12.0 Å². The average molecular weight is 515 g/mol. The molecule has 196 valence electrons. The maximum absolute atomic E-state index is 13.4. The SMILES string of the molecule is COC(=O)N[C@H](C(=O)N1CCC[C@@H]1c1ncc(-c2ccc(-c3ccccc3C(F)(F)F)cc2)[nH]1)C(C)C. The lowest BCUT2D eigenvalue weighted by Gasteiger charge is -2.30. The van der Waals surface area contributed by atoms with Crippen molar-refractivity contribution in [1.29, 1.82) is 0 Å². The van der Waals surface area contributed by atoms with Gasteiger partial charge in [-0.3, -0.25) is 4.79 Å². The summed E-state index contributed by atoms with van der Waals surface area (Å²) in [6, 6.07) is 11.3. The van der Waals surface area contributed by atoms with Crippen LogP contribution in [0.5, 0.6) is 0 Å². The van der Waals surface area contributed by atoms with Crippen LogP contribution in [0.1, 0.15) is 44.1 Å². The summed E-state index contributed by atoms with van der Waals surface area (Å²) in [6.07, 6.45) is -1.94. The standard InChI is InChI=1S/C27H29F3N4O3/c1-16(2)23(33-26(36)37-3)25(35)34-14-6-9-22(34)24-31-15-21(32-24)18-12-10-17(11-13-18)19-7-4-5-8-20(19)27(28,29)30/h4-5,7-8,10-13,15-16,22-23H,6,9,14H2,1-3H3,(H,31,32)(H,33,36)/t22-,23+/m1/s1. The number of aromatic nitrogens is 2. The molecule has 2 amide bonds. The molecule has 0 spiro atoms. The maximum Gasteiger partial charge on any atom is 0.417 e. The van der Waals surface area contributed by atoms with Crippen LogP contribution in [0.4, 0.5) is 18.0 Å². The Morgan fingerprint density at radius 2 is 1.78 bits per heavy atom. The number of H-pyrrole nitrogens is 1. The van der Waals surface area contributed by atoms with E-state index in [4.69, 9.17) is 0 Å². The fraction of sp³-hybridized carbons (Fsp3) is 0.370. The van der Waals surface area contributed by atoms with Crippen molar-refractivity contribution in [2.24, 2.45) is 5.92 Å². The fourth-order valence-electron chi connectivity index (χ4n) is 4.66. The molecule has 0 aliphatic carbocycles. The van der Waals surface area contributed by atoms with Gasteiger partial charge < -0.3 is 19.9 Å². The van der Waals surface area contributed by atoms with Crippen molar-refractivity contribution < 1.29 is 27.5 Å². The second-order valence-corrected chi connectivity index (χ2v) is 9.35. The molecular formula is C27H29F3N4O3. The lowest BCUT2D eigenvalue weighted by atomic mass is 9.98. The van der Waals surface area contributed by atoms with E-state index in [9.17, 15) is 22.8 Å². The number of benzene rings is 2. The monoisotopic (exact) mass is 514 g/mol. The van der Waals surface area contributed by atoms with E-state index in [1.54, 1.807) is 41.4 Å². The van der Waals surface area contributed by atoms with E-state index in [0.717, 1.165) is 24.5 Å². The minimum absolute atomic E-state index is 0.118. The number of imidazole rings is 1. The summed E-state index contributed by atoms with van der Waals surface area (Å²) in [5, 5.41) is 2.62. The van der Waals surface area contributed by atoms with Crippen molar-refractivity contribution in [3.05, 3.63) is 66.1 Å². The van der Waals surface area contributed by atoms with Gasteiger partial charge in [-0.15, -0.1) is 0 Å². The Bertz CT molecular complexity index is 1250. The molecule has 1 fully saturated rings. The van der Waals surface area contributed by atoms with Gasteiger partial charge in [0.25, 0.3) is 0 Å². The normalized spacial score (nSPS) is 16.6. The first kappa shape index (κ1) is 26.2. The maximum atomic E-state index is 13.4. The third-order valence-electron chi connectivity index (χ3n) is 6.58. The largest absolute Gasteiger partial charge is 0.453 e. The van der Waals surface area contributed by atoms with Crippen LogP contribution in [0.2, 0.25) is 0 Å². The summed E-state index contributed by atoms with van der Waals surface area (Å²) >= 11 is 0. The van der Waals surface area contributed by atoms with Crippen LogP contribution >= 0.6 is 0 Å². The third kappa shape index (κ3) is 5.63. The lowest BCUT2D eigenvalue weighted by molar-refractivity contribution is -0.137. The number of aromatic amines is 1. The summed E-state index contributed by atoms with van der Waals surface area (Å²) in [7, 11) is 1.25. The highest BCUT2D eigenvalue weighted by Gasteiger charge is 2.37. The quantitative estimate of drug-likeness (QED) is 0.435. The minimum Gasteiger partial charge on any atom is -0.453 e. The number of rotatable bonds is 6. The van der Waals surface area contributed by atoms with Crippen molar-refractivity contribution in [2.75, 3.05) is 13.7 Å². The molecule has 0 unspecified atom stereocenters. The van der Waals surface area contributed by atoms with Gasteiger partial charge in [0, 0.05) is 6.54 Å². The number of hydrogen-bond donors (Lipinski definition) is 2. The molecule has 7 nitrogen and oxygen atoms in total. The van der Waals surface area contributed by atoms with Gasteiger partial charge in [0.1, 0.15) is 11.9 Å². The topological polar surface area (TPSA) is 87.3 Å². The molecule has 0 bridgehead atoms. The number of alkyl carbamates (subject to hydrolysis) is 1. The predicted molar refractivity (Wildman–Crippen MR) is 132 cm³/mol. The molecule has 1 aromatic heterocycles. The average Bonchev–Trinajstić information content (AvgIpc) is 3.56. The molecule has 3 aromatic rings. The molecule has 1 saturated heterocycles. The van der Waals surface area contributed by atoms with Gasteiger partial charge >= 0.3 is 12.3 Å². The van der Waals surface area contributed by atoms with E-state index in [-0.39, 0.29) is 23.4 Å². The van der Waals surface area contributed by atoms with Crippen LogP contribution in [0, 0.1) is 5.92 Å². The van der Waals surface area contributed by atoms with E-state index < -0.39 is 23.9 Å². The Kier molecular flexibility index (Phi) is 7.56. The first-order chi connectivity index (χ1) is 17.6. The first-order valence-corrected chi connectivity index (χ1v) is 12.1. The third-order valence-corrected chi connectivity index (χ3v) is 6.58. The summed E-state index contributed by atoms with van der Waals surface area (Å²) < 4.78 is 44.9. The fourth-order valence-corrected chi connectivity index (χ4v) is 4.66. The van der Waals surface area contributed by atoms with Gasteiger partial charge in [-0.2, -0.15) is 13.2 Å². The molecule has 1 aliphatic rings. The number of amides is 2. The summed E-state index contributed by atoms with van der Waals surface area (Å²) in [4.78, 5) is 34.6. The van der Waals surface area contributed by atoms with Crippen molar-refractivity contribution in [3.8, 4) is 22.4 Å². The number of carbonyl (C=O) groups is 2. The van der Waals surface area contributed by atoms with E-state index in [1.807, 2.05) is 13.8 Å². The molecular weight excluding hydrogens is 485 g/mol. The highest BCUT2D eigenvalue weighted by atomic mass is 19.4. The van der Waals surface area contributed by atoms with Crippen LogP contribution in [0.25, 0.3) is 22.4 Å². The number of hydrogen-bond acceptors (Lipinski definition) is 4. The van der Waals surface area contributed by atoms with Gasteiger partial charge in [-0.25, -0.2) is 9.78 Å². The molecule has 0 saturated carbocycles. The number of likely N-dealkylation sites (tertiary alicyclic amines) is 1. The molecule has 10 heteroatoms. The number of methoxy groups -OCH3 is 1. The zero-order valence-corrected chi connectivity index (χ0v) is 20.8. The molecule has 2 heterocycles. The number of carbonyl (C=O) groups excluding carboxylic acids is 2. The summed E-state index contributed by atoms with van der Waals surface area (Å²) in [5.74, 6) is 0.280. The Balaban J connectivity index is 1.54. The van der Waals surface area contributed by atoms with Crippen molar-refractivity contribution in [3.63, 3.8) is 0 Å².